The van der Waals surface area contributed by atoms with Gasteiger partial charge in [0.1, 0.15) is 0 Å². The molecule has 6 nitrogen and oxygen atoms in total. The number of nitrogens with one attached hydrogen (secondary N) is 1. The molecule has 1 aromatic carbocycles. The van der Waals surface area contributed by atoms with E-state index in [0.717, 1.165) is 25.7 Å². The first-order valence-electron chi connectivity index (χ1n) is 10.7. The molecule has 2 aliphatic rings. The van der Waals surface area contributed by atoms with Crippen molar-refractivity contribution in [3.63, 3.8) is 0 Å². The van der Waals surface area contributed by atoms with E-state index in [2.05, 4.69) is 10.2 Å². The van der Waals surface area contributed by atoms with E-state index < -0.39 is 10.0 Å². The Morgan fingerprint density at radius 1 is 1.10 bits per heavy atom. The molecule has 1 aromatic rings. The standard InChI is InChI=1S/C21H31Cl2N3O3S/c1-2-15-30(28,29)26-13-11-25(12-14-26)21(9-4-3-5-10-21)16-24-20(27)17-7-6-8-18(22)19(17)23/h6-8H,2-5,9-16H2,1H3,(H,24,27). The number of halogens is 2. The Kier molecular flexibility index (Phi) is 8.07. The van der Waals surface area contributed by atoms with Crippen molar-refractivity contribution >= 4 is 39.1 Å². The third-order valence-corrected chi connectivity index (χ3v) is 9.22. The van der Waals surface area contributed by atoms with E-state index in [1.807, 2.05) is 6.92 Å². The molecule has 0 unspecified atom stereocenters. The molecule has 1 heterocycles. The van der Waals surface area contributed by atoms with Crippen LogP contribution in [0.1, 0.15) is 55.8 Å². The molecule has 168 valence electrons. The van der Waals surface area contributed by atoms with Crippen LogP contribution in [0, 0.1) is 0 Å². The molecular weight excluding hydrogens is 445 g/mol. The predicted molar refractivity (Wildman–Crippen MR) is 122 cm³/mol. The van der Waals surface area contributed by atoms with E-state index in [4.69, 9.17) is 23.2 Å². The van der Waals surface area contributed by atoms with Gasteiger partial charge in [-0.2, -0.15) is 4.31 Å². The van der Waals surface area contributed by atoms with E-state index in [1.54, 1.807) is 22.5 Å². The van der Waals surface area contributed by atoms with Crippen LogP contribution in [-0.2, 0) is 10.0 Å². The number of sulfonamides is 1. The molecule has 1 amide bonds. The molecule has 1 N–H and O–H groups in total. The van der Waals surface area contributed by atoms with Gasteiger partial charge in [0.05, 0.1) is 21.4 Å². The first kappa shape index (κ1) is 23.8. The van der Waals surface area contributed by atoms with Gasteiger partial charge < -0.3 is 5.32 Å². The summed E-state index contributed by atoms with van der Waals surface area (Å²) >= 11 is 12.3. The smallest absolute Gasteiger partial charge is 0.252 e. The van der Waals surface area contributed by atoms with Gasteiger partial charge in [0, 0.05) is 38.3 Å². The molecule has 1 aliphatic heterocycles. The van der Waals surface area contributed by atoms with Gasteiger partial charge in [0.15, 0.2) is 0 Å². The minimum atomic E-state index is -3.17. The number of piperazine rings is 1. The minimum Gasteiger partial charge on any atom is -0.350 e. The summed E-state index contributed by atoms with van der Waals surface area (Å²) < 4.78 is 26.4. The lowest BCUT2D eigenvalue weighted by molar-refractivity contribution is 0.0240. The highest BCUT2D eigenvalue weighted by Gasteiger charge is 2.41. The van der Waals surface area contributed by atoms with Gasteiger partial charge >= 0.3 is 0 Å². The van der Waals surface area contributed by atoms with Gasteiger partial charge in [-0.15, -0.1) is 0 Å². The Morgan fingerprint density at radius 3 is 2.40 bits per heavy atom. The molecule has 1 aliphatic carbocycles. The SMILES string of the molecule is CCCS(=O)(=O)N1CCN(C2(CNC(=O)c3cccc(Cl)c3Cl)CCCCC2)CC1. The second-order valence-electron chi connectivity index (χ2n) is 8.27. The summed E-state index contributed by atoms with van der Waals surface area (Å²) in [6, 6.07) is 5.05. The van der Waals surface area contributed by atoms with Gasteiger partial charge in [-0.25, -0.2) is 8.42 Å². The molecule has 0 spiro atoms. The highest BCUT2D eigenvalue weighted by molar-refractivity contribution is 7.89. The summed E-state index contributed by atoms with van der Waals surface area (Å²) in [6.07, 6.45) is 6.05. The van der Waals surface area contributed by atoms with E-state index in [1.165, 1.54) is 6.42 Å². The molecule has 9 heteroatoms. The van der Waals surface area contributed by atoms with Crippen molar-refractivity contribution in [1.29, 1.82) is 0 Å². The molecule has 30 heavy (non-hydrogen) atoms. The Balaban J connectivity index is 1.68. The fourth-order valence-corrected chi connectivity index (χ4v) is 6.54. The number of hydrogen-bond acceptors (Lipinski definition) is 4. The number of carbonyl (C=O) groups is 1. The van der Waals surface area contributed by atoms with Crippen LogP contribution in [-0.4, -0.2) is 67.5 Å². The number of hydrogen-bond donors (Lipinski definition) is 1. The monoisotopic (exact) mass is 475 g/mol. The van der Waals surface area contributed by atoms with Crippen molar-refractivity contribution in [2.24, 2.45) is 0 Å². The first-order chi connectivity index (χ1) is 14.3. The second kappa shape index (κ2) is 10.2. The lowest BCUT2D eigenvalue weighted by Gasteiger charge is -2.49. The summed E-state index contributed by atoms with van der Waals surface area (Å²) in [7, 11) is -3.17. The second-order valence-corrected chi connectivity index (χ2v) is 11.1. The van der Waals surface area contributed by atoms with Crippen LogP contribution < -0.4 is 5.32 Å². The fourth-order valence-electron chi connectivity index (χ4n) is 4.66. The number of nitrogens with zero attached hydrogens (tertiary/aromatic N) is 2. The van der Waals surface area contributed by atoms with Crippen molar-refractivity contribution < 1.29 is 13.2 Å². The van der Waals surface area contributed by atoms with Crippen LogP contribution in [0.5, 0.6) is 0 Å². The Hall–Kier alpha value is -0.860. The predicted octanol–water partition coefficient (Wildman–Crippen LogP) is 3.78. The maximum absolute atomic E-state index is 12.8. The van der Waals surface area contributed by atoms with Gasteiger partial charge in [0.2, 0.25) is 10.0 Å². The zero-order valence-corrected chi connectivity index (χ0v) is 19.8. The summed E-state index contributed by atoms with van der Waals surface area (Å²) in [5, 5.41) is 3.71. The Morgan fingerprint density at radius 2 is 1.77 bits per heavy atom. The minimum absolute atomic E-state index is 0.139. The average Bonchev–Trinajstić information content (AvgIpc) is 2.75. The number of amides is 1. The Bertz CT molecular complexity index is 849. The first-order valence-corrected chi connectivity index (χ1v) is 13.1. The maximum Gasteiger partial charge on any atom is 0.252 e. The lowest BCUT2D eigenvalue weighted by atomic mass is 9.79. The van der Waals surface area contributed by atoms with Crippen LogP contribution in [0.3, 0.4) is 0 Å². The largest absolute Gasteiger partial charge is 0.350 e. The van der Waals surface area contributed by atoms with Crippen LogP contribution in [0.4, 0.5) is 0 Å². The van der Waals surface area contributed by atoms with Gasteiger partial charge in [-0.1, -0.05) is 55.5 Å². The van der Waals surface area contributed by atoms with Crippen molar-refractivity contribution in [3.05, 3.63) is 33.8 Å². The average molecular weight is 476 g/mol. The quantitative estimate of drug-likeness (QED) is 0.651. The highest BCUT2D eigenvalue weighted by atomic mass is 35.5. The summed E-state index contributed by atoms with van der Waals surface area (Å²) in [6.45, 7) is 4.82. The van der Waals surface area contributed by atoms with E-state index in [9.17, 15) is 13.2 Å². The van der Waals surface area contributed by atoms with Gasteiger partial charge in [0.25, 0.3) is 5.91 Å². The van der Waals surface area contributed by atoms with Crippen LogP contribution in [0.25, 0.3) is 0 Å². The van der Waals surface area contributed by atoms with E-state index in [0.29, 0.717) is 49.7 Å². The van der Waals surface area contributed by atoms with Crippen molar-refractivity contribution in [1.82, 2.24) is 14.5 Å². The van der Waals surface area contributed by atoms with E-state index in [-0.39, 0.29) is 22.2 Å². The van der Waals surface area contributed by atoms with Crippen LogP contribution >= 0.6 is 23.2 Å². The maximum atomic E-state index is 12.8. The summed E-state index contributed by atoms with van der Waals surface area (Å²) in [5.41, 5.74) is 0.241. The summed E-state index contributed by atoms with van der Waals surface area (Å²) in [4.78, 5) is 15.2. The van der Waals surface area contributed by atoms with Gasteiger partial charge in [-0.3, -0.25) is 9.69 Å². The molecule has 3 rings (SSSR count). The number of rotatable bonds is 7. The van der Waals surface area contributed by atoms with Gasteiger partial charge in [-0.05, 0) is 31.4 Å². The van der Waals surface area contributed by atoms with Crippen molar-refractivity contribution in [2.45, 2.75) is 51.0 Å². The molecule has 1 saturated heterocycles. The zero-order valence-electron chi connectivity index (χ0n) is 17.5. The highest BCUT2D eigenvalue weighted by Crippen LogP contribution is 2.34. The van der Waals surface area contributed by atoms with Crippen molar-refractivity contribution in [3.8, 4) is 0 Å². The topological polar surface area (TPSA) is 69.7 Å². The normalized spacial score (nSPS) is 20.8. The van der Waals surface area contributed by atoms with Crippen molar-refractivity contribution in [2.75, 3.05) is 38.5 Å². The van der Waals surface area contributed by atoms with Crippen LogP contribution in [0.15, 0.2) is 18.2 Å². The molecule has 2 fully saturated rings. The van der Waals surface area contributed by atoms with E-state index >= 15 is 0 Å². The molecule has 1 saturated carbocycles. The molecule has 0 bridgehead atoms. The Labute approximate surface area is 189 Å². The zero-order chi connectivity index (χ0) is 21.8. The number of carbonyl (C=O) groups excluding carboxylic acids is 1. The lowest BCUT2D eigenvalue weighted by Crippen LogP contribution is -2.62. The fraction of sp³-hybridized carbons (Fsp3) is 0.667. The molecule has 0 aromatic heterocycles. The molecule has 0 atom stereocenters. The molecule has 0 radical (unpaired) electrons. The third-order valence-electron chi connectivity index (χ3n) is 6.32. The third kappa shape index (κ3) is 5.30. The summed E-state index contributed by atoms with van der Waals surface area (Å²) in [5.74, 6) is -0.0224. The molecular formula is C21H31Cl2N3O3S. The number of benzene rings is 1. The van der Waals surface area contributed by atoms with Crippen LogP contribution in [0.2, 0.25) is 10.0 Å².